The Hall–Kier alpha value is -3.34. The maximum absolute atomic E-state index is 11.9. The van der Waals surface area contributed by atoms with Crippen molar-refractivity contribution in [2.45, 2.75) is 13.1 Å². The molecule has 0 unspecified atom stereocenters. The monoisotopic (exact) mass is 333 g/mol. The third kappa shape index (κ3) is 4.81. The van der Waals surface area contributed by atoms with Gasteiger partial charge < -0.3 is 15.7 Å². The van der Waals surface area contributed by atoms with Crippen LogP contribution in [-0.2, 0) is 13.1 Å². The summed E-state index contributed by atoms with van der Waals surface area (Å²) >= 11 is 0. The summed E-state index contributed by atoms with van der Waals surface area (Å²) in [6.45, 7) is 0.788. The van der Waals surface area contributed by atoms with Crippen LogP contribution in [0.2, 0.25) is 0 Å². The van der Waals surface area contributed by atoms with Gasteiger partial charge in [-0.2, -0.15) is 0 Å². The van der Waals surface area contributed by atoms with E-state index in [0.29, 0.717) is 13.1 Å². The third-order valence-electron chi connectivity index (χ3n) is 3.74. The van der Waals surface area contributed by atoms with E-state index in [9.17, 15) is 9.90 Å². The van der Waals surface area contributed by atoms with Crippen LogP contribution in [0.1, 0.15) is 11.1 Å². The van der Waals surface area contributed by atoms with E-state index >= 15 is 0 Å². The van der Waals surface area contributed by atoms with E-state index in [1.165, 1.54) is 0 Å². The molecule has 0 aliphatic heterocycles. The molecule has 0 saturated carbocycles. The van der Waals surface area contributed by atoms with Crippen LogP contribution in [0, 0.1) is 0 Å². The molecule has 3 aromatic rings. The molecule has 2 aromatic carbocycles. The summed E-state index contributed by atoms with van der Waals surface area (Å²) in [6.07, 6.45) is 3.56. The number of nitrogens with one attached hydrogen (secondary N) is 2. The Balaban J connectivity index is 1.54. The number of benzene rings is 2. The first-order chi connectivity index (χ1) is 12.2. The molecule has 2 amide bonds. The Morgan fingerprint density at radius 2 is 1.56 bits per heavy atom. The van der Waals surface area contributed by atoms with Crippen molar-refractivity contribution >= 4 is 6.03 Å². The first-order valence-corrected chi connectivity index (χ1v) is 8.00. The van der Waals surface area contributed by atoms with Crippen molar-refractivity contribution in [2.24, 2.45) is 0 Å². The highest BCUT2D eigenvalue weighted by atomic mass is 16.3. The molecule has 25 heavy (non-hydrogen) atoms. The fraction of sp³-hybridized carbons (Fsp3) is 0.100. The van der Waals surface area contributed by atoms with E-state index in [0.717, 1.165) is 22.3 Å². The number of hydrogen-bond donors (Lipinski definition) is 3. The largest absolute Gasteiger partial charge is 0.508 e. The van der Waals surface area contributed by atoms with Crippen LogP contribution in [0.5, 0.6) is 5.75 Å². The molecule has 0 radical (unpaired) electrons. The molecule has 3 rings (SSSR count). The first kappa shape index (κ1) is 16.5. The highest BCUT2D eigenvalue weighted by molar-refractivity contribution is 5.74. The van der Waals surface area contributed by atoms with E-state index in [2.05, 4.69) is 15.6 Å². The van der Waals surface area contributed by atoms with Crippen LogP contribution in [0.15, 0.2) is 73.1 Å². The molecule has 1 heterocycles. The smallest absolute Gasteiger partial charge is 0.315 e. The van der Waals surface area contributed by atoms with Crippen molar-refractivity contribution in [3.63, 3.8) is 0 Å². The molecule has 126 valence electrons. The number of hydrogen-bond acceptors (Lipinski definition) is 3. The van der Waals surface area contributed by atoms with Gasteiger partial charge in [-0.3, -0.25) is 4.98 Å². The fourth-order valence-corrected chi connectivity index (χ4v) is 2.49. The number of carbonyl (C=O) groups is 1. The number of carbonyl (C=O) groups excluding carboxylic acids is 1. The van der Waals surface area contributed by atoms with Gasteiger partial charge >= 0.3 is 6.03 Å². The predicted molar refractivity (Wildman–Crippen MR) is 96.9 cm³/mol. The van der Waals surface area contributed by atoms with E-state index in [1.807, 2.05) is 48.7 Å². The van der Waals surface area contributed by atoms with Crippen molar-refractivity contribution < 1.29 is 9.90 Å². The van der Waals surface area contributed by atoms with Crippen LogP contribution in [0.25, 0.3) is 11.1 Å². The van der Waals surface area contributed by atoms with Gasteiger partial charge in [-0.1, -0.05) is 36.4 Å². The van der Waals surface area contributed by atoms with E-state index in [-0.39, 0.29) is 11.8 Å². The molecule has 5 nitrogen and oxygen atoms in total. The molecule has 0 saturated heterocycles. The number of aromatic nitrogens is 1. The Morgan fingerprint density at radius 3 is 2.24 bits per heavy atom. The number of aromatic hydroxyl groups is 1. The number of urea groups is 1. The average molecular weight is 333 g/mol. The quantitative estimate of drug-likeness (QED) is 0.669. The molecular weight excluding hydrogens is 314 g/mol. The predicted octanol–water partition coefficient (Wildman–Crippen LogP) is 3.45. The number of pyridine rings is 1. The highest BCUT2D eigenvalue weighted by Gasteiger charge is 2.03. The van der Waals surface area contributed by atoms with Crippen molar-refractivity contribution in [1.82, 2.24) is 15.6 Å². The fourth-order valence-electron chi connectivity index (χ4n) is 2.49. The number of nitrogens with zero attached hydrogens (tertiary/aromatic N) is 1. The minimum atomic E-state index is -0.255. The number of rotatable bonds is 5. The summed E-state index contributed by atoms with van der Waals surface area (Å²) in [7, 11) is 0. The third-order valence-corrected chi connectivity index (χ3v) is 3.74. The van der Waals surface area contributed by atoms with Gasteiger partial charge in [-0.25, -0.2) is 4.79 Å². The van der Waals surface area contributed by atoms with Gasteiger partial charge in [0.05, 0.1) is 0 Å². The van der Waals surface area contributed by atoms with Crippen molar-refractivity contribution in [2.75, 3.05) is 0 Å². The second-order valence-corrected chi connectivity index (χ2v) is 5.65. The van der Waals surface area contributed by atoms with Gasteiger partial charge in [0.15, 0.2) is 0 Å². The molecule has 3 N–H and O–H groups in total. The normalized spacial score (nSPS) is 10.2. The average Bonchev–Trinajstić information content (AvgIpc) is 2.66. The van der Waals surface area contributed by atoms with Gasteiger partial charge in [0.1, 0.15) is 5.75 Å². The molecule has 0 spiro atoms. The second kappa shape index (κ2) is 7.97. The number of amides is 2. The van der Waals surface area contributed by atoms with Gasteiger partial charge in [-0.15, -0.1) is 0 Å². The Bertz CT molecular complexity index is 850. The minimum Gasteiger partial charge on any atom is -0.508 e. The zero-order valence-electron chi connectivity index (χ0n) is 13.6. The summed E-state index contributed by atoms with van der Waals surface area (Å²) in [5.41, 5.74) is 3.95. The molecule has 0 atom stereocenters. The first-order valence-electron chi connectivity index (χ1n) is 8.00. The number of phenolic OH excluding ortho intramolecular Hbond substituents is 1. The number of phenols is 1. The van der Waals surface area contributed by atoms with Crippen LogP contribution < -0.4 is 10.6 Å². The molecule has 0 fully saturated rings. The lowest BCUT2D eigenvalue weighted by atomic mass is 10.0. The van der Waals surface area contributed by atoms with Gasteiger partial charge in [0, 0.05) is 25.5 Å². The van der Waals surface area contributed by atoms with Gasteiger partial charge in [-0.05, 0) is 46.5 Å². The standard InChI is InChI=1S/C20H19N3O2/c24-19-8-2-5-16(11-19)13-23-20(25)22-12-15-4-1-6-17(10-15)18-7-3-9-21-14-18/h1-11,14,24H,12-13H2,(H2,22,23,25). The Labute approximate surface area is 146 Å². The van der Waals surface area contributed by atoms with E-state index in [1.54, 1.807) is 24.4 Å². The summed E-state index contributed by atoms with van der Waals surface area (Å²) < 4.78 is 0. The second-order valence-electron chi connectivity index (χ2n) is 5.65. The molecule has 1 aromatic heterocycles. The van der Waals surface area contributed by atoms with Crippen molar-refractivity contribution in [3.8, 4) is 16.9 Å². The molecule has 0 bridgehead atoms. The van der Waals surface area contributed by atoms with Gasteiger partial charge in [0.25, 0.3) is 0 Å². The van der Waals surface area contributed by atoms with E-state index in [4.69, 9.17) is 0 Å². The lowest BCUT2D eigenvalue weighted by molar-refractivity contribution is 0.240. The SMILES string of the molecule is O=C(NCc1cccc(O)c1)NCc1cccc(-c2cccnc2)c1. The highest BCUT2D eigenvalue weighted by Crippen LogP contribution is 2.19. The molecule has 0 aliphatic rings. The zero-order chi connectivity index (χ0) is 17.5. The van der Waals surface area contributed by atoms with Crippen LogP contribution in [0.4, 0.5) is 4.79 Å². The molecule has 0 aliphatic carbocycles. The Morgan fingerprint density at radius 1 is 0.880 bits per heavy atom. The van der Waals surface area contributed by atoms with Crippen LogP contribution in [-0.4, -0.2) is 16.1 Å². The minimum absolute atomic E-state index is 0.187. The van der Waals surface area contributed by atoms with Crippen molar-refractivity contribution in [3.05, 3.63) is 84.2 Å². The maximum atomic E-state index is 11.9. The lowest BCUT2D eigenvalue weighted by Gasteiger charge is -2.09. The molecule has 5 heteroatoms. The van der Waals surface area contributed by atoms with Gasteiger partial charge in [0.2, 0.25) is 0 Å². The topological polar surface area (TPSA) is 74.2 Å². The van der Waals surface area contributed by atoms with Crippen molar-refractivity contribution in [1.29, 1.82) is 0 Å². The maximum Gasteiger partial charge on any atom is 0.315 e. The zero-order valence-corrected chi connectivity index (χ0v) is 13.6. The summed E-state index contributed by atoms with van der Waals surface area (Å²) in [5.74, 6) is 0.187. The summed E-state index contributed by atoms with van der Waals surface area (Å²) in [4.78, 5) is 16.1. The Kier molecular flexibility index (Phi) is 5.26. The lowest BCUT2D eigenvalue weighted by Crippen LogP contribution is -2.34. The van der Waals surface area contributed by atoms with Crippen LogP contribution >= 0.6 is 0 Å². The summed E-state index contributed by atoms with van der Waals surface area (Å²) in [5, 5.41) is 15.0. The summed E-state index contributed by atoms with van der Waals surface area (Å²) in [6, 6.07) is 18.4. The molecular formula is C20H19N3O2. The van der Waals surface area contributed by atoms with Crippen LogP contribution in [0.3, 0.4) is 0 Å². The van der Waals surface area contributed by atoms with E-state index < -0.39 is 0 Å².